The summed E-state index contributed by atoms with van der Waals surface area (Å²) in [5.41, 5.74) is 5.76. The van der Waals surface area contributed by atoms with Gasteiger partial charge in [0.25, 0.3) is 0 Å². The van der Waals surface area contributed by atoms with E-state index in [4.69, 9.17) is 50.5 Å². The molecule has 0 N–H and O–H groups in total. The Hall–Kier alpha value is -1.10. The number of hydrogen-bond acceptors (Lipinski definition) is 8. The van der Waals surface area contributed by atoms with Crippen molar-refractivity contribution in [1.82, 2.24) is 0 Å². The summed E-state index contributed by atoms with van der Waals surface area (Å²) in [6.07, 6.45) is 0. The molecule has 5 aromatic carbocycles. The molecule has 7 rings (SSSR count). The predicted octanol–water partition coefficient (Wildman–Crippen LogP) is 11.2. The fourth-order valence-electron chi connectivity index (χ4n) is 7.43. The van der Waals surface area contributed by atoms with E-state index in [-0.39, 0.29) is 11.8 Å². The summed E-state index contributed by atoms with van der Waals surface area (Å²) < 4.78 is 0. The van der Waals surface area contributed by atoms with Gasteiger partial charge in [0.1, 0.15) is 0 Å². The van der Waals surface area contributed by atoms with Crippen LogP contribution in [0, 0.1) is 0 Å². The molecule has 0 saturated carbocycles. The van der Waals surface area contributed by atoms with Gasteiger partial charge in [-0.3, -0.25) is 0 Å². The standard InChI is InChI=1S/C36H32S8/c1-35(25-11-7-21(37)15-29(25)41,26-12-8-22(38)16-30(26)42)33-19-3-5-20(6-4-19)34(33)36(2,27-13-9-23(39)17-31(27)43)28-14-10-24(40)18-32(28)44/h3-18,33-34,37-44H,1-2H3. The Morgan fingerprint density at radius 2 is 0.591 bits per heavy atom. The average molecular weight is 721 g/mol. The van der Waals surface area contributed by atoms with Gasteiger partial charge in [-0.25, -0.2) is 0 Å². The molecule has 2 aliphatic carbocycles. The molecule has 5 aromatic rings. The first kappa shape index (κ1) is 32.8. The van der Waals surface area contributed by atoms with Crippen molar-refractivity contribution in [2.45, 2.75) is 75.7 Å². The number of fused-ring (bicyclic) bond motifs is 3. The molecule has 0 aromatic heterocycles. The zero-order valence-electron chi connectivity index (χ0n) is 24.0. The van der Waals surface area contributed by atoms with Crippen LogP contribution in [0.15, 0.2) is 136 Å². The fourth-order valence-corrected chi connectivity index (χ4v) is 10.4. The van der Waals surface area contributed by atoms with Crippen molar-refractivity contribution in [3.63, 3.8) is 0 Å². The summed E-state index contributed by atoms with van der Waals surface area (Å²) in [7, 11) is 0. The molecule has 0 spiro atoms. The van der Waals surface area contributed by atoms with Gasteiger partial charge < -0.3 is 0 Å². The third-order valence-corrected chi connectivity index (χ3v) is 12.0. The van der Waals surface area contributed by atoms with Gasteiger partial charge in [-0.05, 0) is 81.9 Å². The Kier molecular flexibility index (Phi) is 9.32. The summed E-state index contributed by atoms with van der Waals surface area (Å²) in [5, 5.41) is 0. The van der Waals surface area contributed by atoms with E-state index >= 15 is 0 Å². The molecule has 0 heterocycles. The first-order valence-corrected chi connectivity index (χ1v) is 17.6. The van der Waals surface area contributed by atoms with E-state index in [1.807, 2.05) is 24.3 Å². The molecular formula is C36H32S8. The van der Waals surface area contributed by atoms with E-state index in [1.165, 1.54) is 11.1 Å². The molecule has 2 aliphatic rings. The highest BCUT2D eigenvalue weighted by molar-refractivity contribution is 7.82. The van der Waals surface area contributed by atoms with E-state index in [0.29, 0.717) is 0 Å². The molecule has 2 unspecified atom stereocenters. The number of benzene rings is 5. The lowest BCUT2D eigenvalue weighted by Crippen LogP contribution is -2.46. The molecule has 44 heavy (non-hydrogen) atoms. The molecule has 0 amide bonds. The van der Waals surface area contributed by atoms with E-state index < -0.39 is 10.8 Å². The van der Waals surface area contributed by atoms with Crippen molar-refractivity contribution in [2.24, 2.45) is 0 Å². The van der Waals surface area contributed by atoms with Crippen LogP contribution in [-0.2, 0) is 10.8 Å². The van der Waals surface area contributed by atoms with Crippen LogP contribution in [0.1, 0.15) is 59.1 Å². The lowest BCUT2D eigenvalue weighted by Gasteiger charge is -2.53. The zero-order valence-corrected chi connectivity index (χ0v) is 31.1. The van der Waals surface area contributed by atoms with Crippen LogP contribution in [0.2, 0.25) is 0 Å². The lowest BCUT2D eigenvalue weighted by molar-refractivity contribution is 0.285. The minimum atomic E-state index is -0.570. The second kappa shape index (κ2) is 12.5. The van der Waals surface area contributed by atoms with Gasteiger partial charge in [0.15, 0.2) is 0 Å². The number of rotatable bonds is 6. The molecule has 0 aliphatic heterocycles. The van der Waals surface area contributed by atoms with Gasteiger partial charge in [0, 0.05) is 61.8 Å². The molecule has 0 radical (unpaired) electrons. The van der Waals surface area contributed by atoms with Crippen molar-refractivity contribution >= 4 is 101 Å². The quantitative estimate of drug-likeness (QED) is 0.0787. The maximum atomic E-state index is 5.07. The second-order valence-electron chi connectivity index (χ2n) is 11.8. The van der Waals surface area contributed by atoms with E-state index in [2.05, 4.69) is 137 Å². The second-order valence-corrected chi connectivity index (χ2v) is 15.8. The smallest absolute Gasteiger partial charge is 0.0271 e. The first-order valence-electron chi connectivity index (χ1n) is 14.1. The molecule has 2 atom stereocenters. The van der Waals surface area contributed by atoms with Crippen LogP contribution >= 0.6 is 101 Å². The van der Waals surface area contributed by atoms with Crippen LogP contribution < -0.4 is 0 Å². The third kappa shape index (κ3) is 5.49. The van der Waals surface area contributed by atoms with Crippen LogP contribution in [0.5, 0.6) is 0 Å². The summed E-state index contributed by atoms with van der Waals surface area (Å²) in [4.78, 5) is 6.99. The topological polar surface area (TPSA) is 0 Å². The maximum absolute atomic E-state index is 5.07. The lowest BCUT2D eigenvalue weighted by atomic mass is 9.50. The van der Waals surface area contributed by atoms with Gasteiger partial charge in [0.2, 0.25) is 0 Å². The van der Waals surface area contributed by atoms with Crippen molar-refractivity contribution in [1.29, 1.82) is 0 Å². The van der Waals surface area contributed by atoms with Gasteiger partial charge in [-0.1, -0.05) is 62.4 Å². The van der Waals surface area contributed by atoms with Gasteiger partial charge >= 0.3 is 0 Å². The van der Waals surface area contributed by atoms with Crippen LogP contribution in [0.25, 0.3) is 0 Å². The van der Waals surface area contributed by atoms with Gasteiger partial charge in [-0.15, -0.1) is 101 Å². The highest BCUT2D eigenvalue weighted by Gasteiger charge is 2.54. The van der Waals surface area contributed by atoms with E-state index in [0.717, 1.165) is 61.4 Å². The maximum Gasteiger partial charge on any atom is 0.0271 e. The van der Waals surface area contributed by atoms with Crippen LogP contribution in [0.3, 0.4) is 0 Å². The molecule has 0 nitrogen and oxygen atoms in total. The number of thiol groups is 8. The van der Waals surface area contributed by atoms with Crippen molar-refractivity contribution in [3.8, 4) is 0 Å². The SMILES string of the molecule is CC(c1ccc(S)cc1S)(c1ccc(S)cc1S)C1c2ccc(cc2)C1C(C)(c1ccc(S)cc1S)c1ccc(S)cc1S. The summed E-state index contributed by atoms with van der Waals surface area (Å²) >= 11 is 38.9. The molecule has 2 bridgehead atoms. The van der Waals surface area contributed by atoms with Crippen LogP contribution in [-0.4, -0.2) is 0 Å². The van der Waals surface area contributed by atoms with E-state index in [9.17, 15) is 0 Å². The van der Waals surface area contributed by atoms with Crippen LogP contribution in [0.4, 0.5) is 0 Å². The van der Waals surface area contributed by atoms with Crippen molar-refractivity contribution < 1.29 is 0 Å². The molecule has 0 fully saturated rings. The van der Waals surface area contributed by atoms with Gasteiger partial charge in [-0.2, -0.15) is 0 Å². The minimum Gasteiger partial charge on any atom is -0.143 e. The first-order chi connectivity index (χ1) is 20.8. The predicted molar refractivity (Wildman–Crippen MR) is 209 cm³/mol. The Labute approximate surface area is 304 Å². The van der Waals surface area contributed by atoms with Gasteiger partial charge in [0.05, 0.1) is 0 Å². The van der Waals surface area contributed by atoms with E-state index in [1.54, 1.807) is 0 Å². The summed E-state index contributed by atoms with van der Waals surface area (Å²) in [5.74, 6) is -0.0599. The van der Waals surface area contributed by atoms with Crippen molar-refractivity contribution in [2.75, 3.05) is 0 Å². The average Bonchev–Trinajstić information content (AvgIpc) is 2.96. The highest BCUT2D eigenvalue weighted by Crippen LogP contribution is 2.63. The molecule has 224 valence electrons. The fraction of sp³-hybridized carbons (Fsp3) is 0.167. The zero-order chi connectivity index (χ0) is 31.6. The molecule has 8 heteroatoms. The number of hydrogen-bond donors (Lipinski definition) is 8. The monoisotopic (exact) mass is 720 g/mol. The Balaban J connectivity index is 1.73. The van der Waals surface area contributed by atoms with Crippen molar-refractivity contribution in [3.05, 3.63) is 130 Å². The molecular weight excluding hydrogens is 689 g/mol. The largest absolute Gasteiger partial charge is 0.143 e. The Morgan fingerprint density at radius 1 is 0.364 bits per heavy atom. The Bertz CT molecular complexity index is 1660. The highest BCUT2D eigenvalue weighted by atomic mass is 32.1. The Morgan fingerprint density at radius 3 is 0.795 bits per heavy atom. The summed E-state index contributed by atoms with van der Waals surface area (Å²) in [6, 6.07) is 34.0. The molecule has 0 saturated heterocycles. The third-order valence-electron chi connectivity index (χ3n) is 9.40. The summed E-state index contributed by atoms with van der Waals surface area (Å²) in [6.45, 7) is 4.66. The normalized spacial score (nSPS) is 16.4. The minimum absolute atomic E-state index is 0.0299.